The van der Waals surface area contributed by atoms with E-state index in [2.05, 4.69) is 5.32 Å². The number of halogens is 2. The van der Waals surface area contributed by atoms with Gasteiger partial charge in [0.2, 0.25) is 5.91 Å². The van der Waals surface area contributed by atoms with Crippen molar-refractivity contribution in [2.45, 2.75) is 37.8 Å². The topological polar surface area (TPSA) is 55.1 Å². The fourth-order valence-electron chi connectivity index (χ4n) is 2.32. The Balaban J connectivity index is 1.90. The van der Waals surface area contributed by atoms with E-state index in [9.17, 15) is 9.18 Å². The highest BCUT2D eigenvalue weighted by atomic mass is 35.5. The third kappa shape index (κ3) is 3.68. The maximum absolute atomic E-state index is 13.1. The van der Waals surface area contributed by atoms with Gasteiger partial charge in [0, 0.05) is 17.1 Å². The van der Waals surface area contributed by atoms with E-state index in [1.165, 1.54) is 12.1 Å². The molecule has 0 bridgehead atoms. The van der Waals surface area contributed by atoms with Crippen molar-refractivity contribution in [1.82, 2.24) is 5.32 Å². The number of hydrogen-bond donors (Lipinski definition) is 2. The van der Waals surface area contributed by atoms with Crippen LogP contribution in [0.15, 0.2) is 18.2 Å². The number of rotatable bonds is 3. The Labute approximate surface area is 111 Å². The molecule has 1 fully saturated rings. The van der Waals surface area contributed by atoms with Gasteiger partial charge in [-0.15, -0.1) is 0 Å². The molecule has 1 aliphatic rings. The average Bonchev–Trinajstić information content (AvgIpc) is 2.61. The van der Waals surface area contributed by atoms with Gasteiger partial charge in [0.25, 0.3) is 0 Å². The second-order valence-electron chi connectivity index (χ2n) is 4.79. The van der Waals surface area contributed by atoms with Gasteiger partial charge < -0.3 is 11.1 Å². The summed E-state index contributed by atoms with van der Waals surface area (Å²) in [4.78, 5) is 11.8. The molecular formula is C13H16ClFN2O. The summed E-state index contributed by atoms with van der Waals surface area (Å²) < 4.78 is 13.1. The molecule has 3 N–H and O–H groups in total. The third-order valence-corrected chi connectivity index (χ3v) is 3.34. The minimum absolute atomic E-state index is 0.115. The van der Waals surface area contributed by atoms with E-state index in [0.717, 1.165) is 19.3 Å². The molecule has 0 spiro atoms. The van der Waals surface area contributed by atoms with Crippen LogP contribution in [-0.4, -0.2) is 18.0 Å². The molecule has 1 aliphatic carbocycles. The first-order chi connectivity index (χ1) is 8.52. The molecule has 2 rings (SSSR count). The molecule has 0 saturated heterocycles. The molecule has 1 amide bonds. The summed E-state index contributed by atoms with van der Waals surface area (Å²) in [6, 6.07) is 4.48. The highest BCUT2D eigenvalue weighted by molar-refractivity contribution is 6.30. The van der Waals surface area contributed by atoms with E-state index in [1.54, 1.807) is 6.07 Å². The highest BCUT2D eigenvalue weighted by Crippen LogP contribution is 2.18. The summed E-state index contributed by atoms with van der Waals surface area (Å²) in [7, 11) is 0. The molecule has 5 heteroatoms. The van der Waals surface area contributed by atoms with Crippen LogP contribution in [0.5, 0.6) is 0 Å². The largest absolute Gasteiger partial charge is 0.353 e. The molecule has 1 aromatic rings. The van der Waals surface area contributed by atoms with Crippen LogP contribution < -0.4 is 11.1 Å². The molecule has 2 atom stereocenters. The first-order valence-electron chi connectivity index (χ1n) is 6.03. The second-order valence-corrected chi connectivity index (χ2v) is 5.23. The van der Waals surface area contributed by atoms with Crippen molar-refractivity contribution < 1.29 is 9.18 Å². The Kier molecular flexibility index (Phi) is 4.19. The van der Waals surface area contributed by atoms with Gasteiger partial charge in [-0.3, -0.25) is 4.79 Å². The van der Waals surface area contributed by atoms with Crippen molar-refractivity contribution in [3.63, 3.8) is 0 Å². The van der Waals surface area contributed by atoms with Crippen molar-refractivity contribution >= 4 is 17.5 Å². The maximum atomic E-state index is 13.1. The number of hydrogen-bond acceptors (Lipinski definition) is 2. The molecule has 1 aromatic carbocycles. The third-order valence-electron chi connectivity index (χ3n) is 3.13. The Morgan fingerprint density at radius 2 is 2.22 bits per heavy atom. The zero-order chi connectivity index (χ0) is 13.1. The zero-order valence-electron chi connectivity index (χ0n) is 9.96. The molecule has 0 unspecified atom stereocenters. The standard InChI is InChI=1S/C13H16ClFN2O/c14-9-3-8(4-10(15)6-9)5-13(18)17-12-2-1-11(16)7-12/h3-4,6,11-12H,1-2,5,7,16H2,(H,17,18)/t11-,12+/m0/s1. The molecule has 0 aromatic heterocycles. The van der Waals surface area contributed by atoms with Crippen molar-refractivity contribution in [2.24, 2.45) is 5.73 Å². The predicted octanol–water partition coefficient (Wildman–Crippen LogP) is 2.02. The van der Waals surface area contributed by atoms with E-state index in [-0.39, 0.29) is 24.4 Å². The number of carbonyl (C=O) groups is 1. The van der Waals surface area contributed by atoms with E-state index in [0.29, 0.717) is 10.6 Å². The lowest BCUT2D eigenvalue weighted by molar-refractivity contribution is -0.121. The van der Waals surface area contributed by atoms with Gasteiger partial charge in [0.1, 0.15) is 5.82 Å². The summed E-state index contributed by atoms with van der Waals surface area (Å²) in [5.41, 5.74) is 6.36. The molecular weight excluding hydrogens is 255 g/mol. The zero-order valence-corrected chi connectivity index (χ0v) is 10.7. The Morgan fingerprint density at radius 3 is 2.83 bits per heavy atom. The molecule has 1 saturated carbocycles. The normalized spacial score (nSPS) is 23.1. The van der Waals surface area contributed by atoms with Crippen molar-refractivity contribution in [3.8, 4) is 0 Å². The molecule has 0 aliphatic heterocycles. The van der Waals surface area contributed by atoms with Crippen molar-refractivity contribution in [3.05, 3.63) is 34.6 Å². The molecule has 98 valence electrons. The van der Waals surface area contributed by atoms with Crippen LogP contribution in [0, 0.1) is 5.82 Å². The fraction of sp³-hybridized carbons (Fsp3) is 0.462. The van der Waals surface area contributed by atoms with Gasteiger partial charge >= 0.3 is 0 Å². The SMILES string of the molecule is N[C@H]1CC[C@@H](NC(=O)Cc2cc(F)cc(Cl)c2)C1. The van der Waals surface area contributed by atoms with Gasteiger partial charge in [0.15, 0.2) is 0 Å². The van der Waals surface area contributed by atoms with Gasteiger partial charge in [-0.25, -0.2) is 4.39 Å². The minimum Gasteiger partial charge on any atom is -0.353 e. The molecule has 0 heterocycles. The van der Waals surface area contributed by atoms with Crippen LogP contribution >= 0.6 is 11.6 Å². The molecule has 3 nitrogen and oxygen atoms in total. The summed E-state index contributed by atoms with van der Waals surface area (Å²) >= 11 is 5.73. The Hall–Kier alpha value is -1.13. The second kappa shape index (κ2) is 5.67. The maximum Gasteiger partial charge on any atom is 0.224 e. The first kappa shape index (κ1) is 13.3. The van der Waals surface area contributed by atoms with Gasteiger partial charge in [-0.2, -0.15) is 0 Å². The fourth-order valence-corrected chi connectivity index (χ4v) is 2.57. The molecule has 0 radical (unpaired) electrons. The van der Waals surface area contributed by atoms with E-state index in [4.69, 9.17) is 17.3 Å². The van der Waals surface area contributed by atoms with Gasteiger partial charge in [-0.05, 0) is 43.0 Å². The number of nitrogens with one attached hydrogen (secondary N) is 1. The summed E-state index contributed by atoms with van der Waals surface area (Å²) in [6.07, 6.45) is 2.81. The first-order valence-corrected chi connectivity index (χ1v) is 6.40. The average molecular weight is 271 g/mol. The van der Waals surface area contributed by atoms with Crippen molar-refractivity contribution in [1.29, 1.82) is 0 Å². The van der Waals surface area contributed by atoms with Crippen LogP contribution in [0.4, 0.5) is 4.39 Å². The summed E-state index contributed by atoms with van der Waals surface area (Å²) in [6.45, 7) is 0. The summed E-state index contributed by atoms with van der Waals surface area (Å²) in [5, 5.41) is 3.22. The lowest BCUT2D eigenvalue weighted by Gasteiger charge is -2.12. The van der Waals surface area contributed by atoms with E-state index >= 15 is 0 Å². The van der Waals surface area contributed by atoms with Gasteiger partial charge in [0.05, 0.1) is 6.42 Å². The van der Waals surface area contributed by atoms with E-state index in [1.807, 2.05) is 0 Å². The van der Waals surface area contributed by atoms with E-state index < -0.39 is 5.82 Å². The number of benzene rings is 1. The predicted molar refractivity (Wildman–Crippen MR) is 68.9 cm³/mol. The Morgan fingerprint density at radius 1 is 1.44 bits per heavy atom. The minimum atomic E-state index is -0.423. The number of amides is 1. The number of carbonyl (C=O) groups excluding carboxylic acids is 1. The number of nitrogens with two attached hydrogens (primary N) is 1. The quantitative estimate of drug-likeness (QED) is 0.883. The van der Waals surface area contributed by atoms with Crippen LogP contribution in [-0.2, 0) is 11.2 Å². The van der Waals surface area contributed by atoms with Crippen LogP contribution in [0.1, 0.15) is 24.8 Å². The Bertz CT molecular complexity index is 432. The monoisotopic (exact) mass is 270 g/mol. The van der Waals surface area contributed by atoms with Crippen molar-refractivity contribution in [2.75, 3.05) is 0 Å². The van der Waals surface area contributed by atoms with Gasteiger partial charge in [-0.1, -0.05) is 11.6 Å². The van der Waals surface area contributed by atoms with Crippen LogP contribution in [0.25, 0.3) is 0 Å². The lowest BCUT2D eigenvalue weighted by Crippen LogP contribution is -2.35. The smallest absolute Gasteiger partial charge is 0.224 e. The highest BCUT2D eigenvalue weighted by Gasteiger charge is 2.23. The van der Waals surface area contributed by atoms with Crippen LogP contribution in [0.2, 0.25) is 5.02 Å². The lowest BCUT2D eigenvalue weighted by atomic mass is 10.1. The molecule has 18 heavy (non-hydrogen) atoms. The summed E-state index contributed by atoms with van der Waals surface area (Å²) in [5.74, 6) is -0.538. The van der Waals surface area contributed by atoms with Crippen LogP contribution in [0.3, 0.4) is 0 Å².